The van der Waals surface area contributed by atoms with Crippen LogP contribution in [0.2, 0.25) is 0 Å². The third-order valence-corrected chi connectivity index (χ3v) is 5.06. The fraction of sp³-hybridized carbons (Fsp3) is 0.692. The van der Waals surface area contributed by atoms with Crippen LogP contribution in [0.15, 0.2) is 17.6 Å². The number of aromatic nitrogens is 2. The highest BCUT2D eigenvalue weighted by atomic mass is 32.2. The Kier molecular flexibility index (Phi) is 5.74. The van der Waals surface area contributed by atoms with Crippen LogP contribution in [0.1, 0.15) is 19.3 Å². The van der Waals surface area contributed by atoms with Crippen molar-refractivity contribution in [1.29, 1.82) is 0 Å². The van der Waals surface area contributed by atoms with E-state index in [1.165, 1.54) is 24.2 Å². The molecular formula is C13H21N3O6S. The molecule has 1 fully saturated rings. The van der Waals surface area contributed by atoms with Crippen molar-refractivity contribution in [3.63, 3.8) is 0 Å². The maximum atomic E-state index is 12.3. The summed E-state index contributed by atoms with van der Waals surface area (Å²) >= 11 is 0. The van der Waals surface area contributed by atoms with Gasteiger partial charge in [-0.15, -0.1) is 0 Å². The number of ether oxygens (including phenoxy) is 2. The lowest BCUT2D eigenvalue weighted by molar-refractivity contribution is -0.149. The number of imidazole rings is 1. The number of aliphatic hydroxyl groups excluding tert-OH is 1. The van der Waals surface area contributed by atoms with Crippen LogP contribution >= 0.6 is 0 Å². The quantitative estimate of drug-likeness (QED) is 0.645. The first-order valence-corrected chi connectivity index (χ1v) is 8.67. The number of hydrogen-bond donors (Lipinski definition) is 2. The van der Waals surface area contributed by atoms with E-state index >= 15 is 0 Å². The van der Waals surface area contributed by atoms with Gasteiger partial charge in [0.15, 0.2) is 5.03 Å². The molecular weight excluding hydrogens is 326 g/mol. The summed E-state index contributed by atoms with van der Waals surface area (Å²) in [5.74, 6) is -0.404. The second kappa shape index (κ2) is 7.39. The van der Waals surface area contributed by atoms with Gasteiger partial charge in [0.2, 0.25) is 0 Å². The van der Waals surface area contributed by atoms with Gasteiger partial charge in [-0.1, -0.05) is 0 Å². The molecule has 10 heteroatoms. The molecule has 0 aliphatic carbocycles. The lowest BCUT2D eigenvalue weighted by Gasteiger charge is -2.35. The standard InChI is InChI=1S/C13H21N3O6S/c1-16-6-12(14-8-16)23(19,20)15-10-4-3-9(5-13(18)21-2)22-11(10)7-17/h6,8-11,15,17H,3-5,7H2,1-2H3/t9-,10+,11-/m1/s1. The highest BCUT2D eigenvalue weighted by molar-refractivity contribution is 7.89. The number of aryl methyl sites for hydroxylation is 1. The summed E-state index contributed by atoms with van der Waals surface area (Å²) in [5.41, 5.74) is 0. The molecule has 2 rings (SSSR count). The van der Waals surface area contributed by atoms with Crippen molar-refractivity contribution in [2.75, 3.05) is 13.7 Å². The van der Waals surface area contributed by atoms with Crippen molar-refractivity contribution in [1.82, 2.24) is 14.3 Å². The summed E-state index contributed by atoms with van der Waals surface area (Å²) < 4.78 is 38.8. The maximum Gasteiger partial charge on any atom is 0.308 e. The van der Waals surface area contributed by atoms with E-state index in [4.69, 9.17) is 4.74 Å². The van der Waals surface area contributed by atoms with Crippen LogP contribution in [0, 0.1) is 0 Å². The lowest BCUT2D eigenvalue weighted by atomic mass is 9.98. The van der Waals surface area contributed by atoms with Crippen molar-refractivity contribution in [3.05, 3.63) is 12.5 Å². The Morgan fingerprint density at radius 2 is 2.30 bits per heavy atom. The average molecular weight is 347 g/mol. The zero-order valence-corrected chi connectivity index (χ0v) is 13.8. The first-order chi connectivity index (χ1) is 10.9. The molecule has 23 heavy (non-hydrogen) atoms. The van der Waals surface area contributed by atoms with Gasteiger partial charge in [-0.2, -0.15) is 0 Å². The van der Waals surface area contributed by atoms with Crippen LogP contribution in [-0.2, 0) is 31.3 Å². The van der Waals surface area contributed by atoms with E-state index in [-0.39, 0.29) is 18.1 Å². The molecule has 1 aliphatic rings. The molecule has 0 radical (unpaired) electrons. The SMILES string of the molecule is COC(=O)C[C@H]1CC[C@H](NS(=O)(=O)c2cn(C)cn2)[C@@H](CO)O1. The number of sulfonamides is 1. The molecule has 0 spiro atoms. The molecule has 2 heterocycles. The van der Waals surface area contributed by atoms with Gasteiger partial charge < -0.3 is 19.1 Å². The van der Waals surface area contributed by atoms with Crippen LogP contribution in [0.3, 0.4) is 0 Å². The summed E-state index contributed by atoms with van der Waals surface area (Å²) in [5, 5.41) is 9.36. The van der Waals surface area contributed by atoms with Crippen molar-refractivity contribution in [2.45, 2.75) is 42.5 Å². The van der Waals surface area contributed by atoms with Crippen LogP contribution < -0.4 is 4.72 Å². The summed E-state index contributed by atoms with van der Waals surface area (Å²) in [6, 6.07) is -0.582. The monoisotopic (exact) mass is 347 g/mol. The minimum Gasteiger partial charge on any atom is -0.469 e. The molecule has 3 atom stereocenters. The number of esters is 1. The number of hydrogen-bond acceptors (Lipinski definition) is 7. The van der Waals surface area contributed by atoms with Gasteiger partial charge in [0.25, 0.3) is 10.0 Å². The Labute approximate surface area is 134 Å². The molecule has 2 N–H and O–H groups in total. The van der Waals surface area contributed by atoms with Crippen LogP contribution in [0.4, 0.5) is 0 Å². The largest absolute Gasteiger partial charge is 0.469 e. The fourth-order valence-electron chi connectivity index (χ4n) is 2.47. The summed E-state index contributed by atoms with van der Waals surface area (Å²) in [6.45, 7) is -0.354. The van der Waals surface area contributed by atoms with Gasteiger partial charge in [-0.05, 0) is 12.8 Å². The summed E-state index contributed by atoms with van der Waals surface area (Å²) in [7, 11) is -0.831. The van der Waals surface area contributed by atoms with Gasteiger partial charge in [0, 0.05) is 13.2 Å². The molecule has 1 saturated heterocycles. The molecule has 0 aromatic carbocycles. The zero-order valence-electron chi connectivity index (χ0n) is 13.0. The first-order valence-electron chi connectivity index (χ1n) is 7.19. The average Bonchev–Trinajstić information content (AvgIpc) is 2.96. The lowest BCUT2D eigenvalue weighted by Crippen LogP contribution is -2.51. The molecule has 1 aromatic rings. The van der Waals surface area contributed by atoms with Crippen molar-refractivity contribution < 1.29 is 27.8 Å². The predicted molar refractivity (Wildman–Crippen MR) is 78.9 cm³/mol. The number of methoxy groups -OCH3 is 1. The van der Waals surface area contributed by atoms with Crippen LogP contribution in [-0.4, -0.2) is 61.0 Å². The second-order valence-corrected chi connectivity index (χ2v) is 7.10. The normalized spacial score (nSPS) is 25.3. The van der Waals surface area contributed by atoms with E-state index in [9.17, 15) is 18.3 Å². The van der Waals surface area contributed by atoms with E-state index in [1.807, 2.05) is 0 Å². The number of aliphatic hydroxyl groups is 1. The van der Waals surface area contributed by atoms with Gasteiger partial charge in [-0.3, -0.25) is 4.79 Å². The molecule has 130 valence electrons. The molecule has 0 bridgehead atoms. The Bertz CT molecular complexity index is 644. The van der Waals surface area contributed by atoms with Gasteiger partial charge in [0.1, 0.15) is 0 Å². The minimum absolute atomic E-state index is 0.0761. The number of nitrogens with zero attached hydrogens (tertiary/aromatic N) is 2. The topological polar surface area (TPSA) is 120 Å². The van der Waals surface area contributed by atoms with E-state index in [0.717, 1.165) is 0 Å². The minimum atomic E-state index is -3.79. The first kappa shape index (κ1) is 17.9. The molecule has 0 saturated carbocycles. The smallest absolute Gasteiger partial charge is 0.308 e. The molecule has 0 amide bonds. The van der Waals surface area contributed by atoms with Gasteiger partial charge in [-0.25, -0.2) is 18.1 Å². The zero-order chi connectivity index (χ0) is 17.0. The van der Waals surface area contributed by atoms with Crippen LogP contribution in [0.25, 0.3) is 0 Å². The third-order valence-electron chi connectivity index (χ3n) is 3.68. The van der Waals surface area contributed by atoms with Crippen molar-refractivity contribution >= 4 is 16.0 Å². The van der Waals surface area contributed by atoms with Crippen LogP contribution in [0.5, 0.6) is 0 Å². The maximum absolute atomic E-state index is 12.3. The van der Waals surface area contributed by atoms with Crippen molar-refractivity contribution in [3.8, 4) is 0 Å². The third kappa shape index (κ3) is 4.50. The summed E-state index contributed by atoms with van der Waals surface area (Å²) in [4.78, 5) is 15.1. The highest BCUT2D eigenvalue weighted by Crippen LogP contribution is 2.23. The molecule has 9 nitrogen and oxygen atoms in total. The highest BCUT2D eigenvalue weighted by Gasteiger charge is 2.35. The molecule has 1 aliphatic heterocycles. The Morgan fingerprint density at radius 3 is 2.87 bits per heavy atom. The number of carbonyl (C=O) groups is 1. The second-order valence-electron chi connectivity index (χ2n) is 5.44. The summed E-state index contributed by atoms with van der Waals surface area (Å²) in [6.07, 6.45) is 2.67. The van der Waals surface area contributed by atoms with E-state index in [2.05, 4.69) is 14.4 Å². The van der Waals surface area contributed by atoms with Gasteiger partial charge >= 0.3 is 5.97 Å². The van der Waals surface area contributed by atoms with E-state index in [1.54, 1.807) is 7.05 Å². The fourth-order valence-corrected chi connectivity index (χ4v) is 3.75. The molecule has 1 aromatic heterocycles. The molecule has 0 unspecified atom stereocenters. The van der Waals surface area contributed by atoms with Crippen molar-refractivity contribution in [2.24, 2.45) is 7.05 Å². The number of nitrogens with one attached hydrogen (secondary N) is 1. The number of rotatable bonds is 6. The van der Waals surface area contributed by atoms with E-state index in [0.29, 0.717) is 12.8 Å². The van der Waals surface area contributed by atoms with Gasteiger partial charge in [0.05, 0.1) is 44.7 Å². The Morgan fingerprint density at radius 1 is 1.57 bits per heavy atom. The Balaban J connectivity index is 2.02. The number of carbonyl (C=O) groups excluding carboxylic acids is 1. The Hall–Kier alpha value is -1.49. The van der Waals surface area contributed by atoms with E-state index < -0.39 is 34.2 Å². The predicted octanol–water partition coefficient (Wildman–Crippen LogP) is -0.830.